The normalized spacial score (nSPS) is 13.2. The number of hydrogen-bond donors (Lipinski definition) is 4. The van der Waals surface area contributed by atoms with E-state index in [1.54, 1.807) is 12.3 Å². The number of carbonyl (C=O) groups is 1. The number of aliphatic hydroxyl groups is 1. The van der Waals surface area contributed by atoms with Crippen molar-refractivity contribution in [3.63, 3.8) is 0 Å². The molecule has 1 aromatic heterocycles. The van der Waals surface area contributed by atoms with Gasteiger partial charge in [-0.25, -0.2) is 0 Å². The van der Waals surface area contributed by atoms with Gasteiger partial charge in [-0.15, -0.1) is 0 Å². The summed E-state index contributed by atoms with van der Waals surface area (Å²) in [6, 6.07) is 8.38. The minimum atomic E-state index is -0.451. The summed E-state index contributed by atoms with van der Waals surface area (Å²) in [6.07, 6.45) is 9.49. The molecule has 0 fully saturated rings. The van der Waals surface area contributed by atoms with Gasteiger partial charge in [0.2, 0.25) is 6.41 Å². The molecule has 0 aliphatic heterocycles. The third-order valence-corrected chi connectivity index (χ3v) is 7.12. The molecule has 230 valence electrons. The van der Waals surface area contributed by atoms with Crippen LogP contribution < -0.4 is 10.6 Å². The Labute approximate surface area is 252 Å². The third-order valence-electron chi connectivity index (χ3n) is 7.12. The van der Waals surface area contributed by atoms with E-state index in [1.165, 1.54) is 0 Å². The number of aromatic amines is 1. The summed E-state index contributed by atoms with van der Waals surface area (Å²) in [4.78, 5) is 25.2. The number of amides is 1. The lowest BCUT2D eigenvalue weighted by Gasteiger charge is -2.28. The van der Waals surface area contributed by atoms with Crippen molar-refractivity contribution in [1.29, 1.82) is 0 Å². The van der Waals surface area contributed by atoms with Gasteiger partial charge in [-0.3, -0.25) is 14.7 Å². The molecule has 0 bridgehead atoms. The Morgan fingerprint density at radius 2 is 1.88 bits per heavy atom. The number of anilines is 1. The number of aliphatic hydroxyl groups excluding tert-OH is 1. The van der Waals surface area contributed by atoms with Crippen LogP contribution in [0.4, 0.5) is 5.69 Å². The van der Waals surface area contributed by atoms with Crippen molar-refractivity contribution in [2.24, 2.45) is 4.99 Å². The molecule has 9 nitrogen and oxygen atoms in total. The molecule has 42 heavy (non-hydrogen) atoms. The SMILES string of the molecule is C=C/C=C(/C(=C/CC)N=CC)N(C)C(=C)Nc1ccc2[nH]c(CCN(CCNC=O)CC(O)CN(CC)CC)cc2c1. The van der Waals surface area contributed by atoms with Crippen molar-refractivity contribution in [3.05, 3.63) is 78.6 Å². The fraction of sp³-hybridized carbons (Fsp3) is 0.455. The molecule has 4 N–H and O–H groups in total. The Hall–Kier alpha value is -3.66. The number of allylic oxidation sites excluding steroid dienone is 3. The highest BCUT2D eigenvalue weighted by Gasteiger charge is 2.16. The minimum absolute atomic E-state index is 0.451. The molecule has 0 saturated carbocycles. The van der Waals surface area contributed by atoms with Crippen LogP contribution in [0.3, 0.4) is 0 Å². The van der Waals surface area contributed by atoms with Crippen LogP contribution in [0, 0.1) is 0 Å². The van der Waals surface area contributed by atoms with Crippen molar-refractivity contribution < 1.29 is 9.90 Å². The first-order chi connectivity index (χ1) is 20.3. The molecule has 1 atom stereocenters. The smallest absolute Gasteiger partial charge is 0.207 e. The van der Waals surface area contributed by atoms with Crippen LogP contribution in [0.15, 0.2) is 77.9 Å². The van der Waals surface area contributed by atoms with E-state index in [0.29, 0.717) is 26.2 Å². The summed E-state index contributed by atoms with van der Waals surface area (Å²) < 4.78 is 0. The lowest BCUT2D eigenvalue weighted by Crippen LogP contribution is -2.43. The Bertz CT molecular complexity index is 1230. The maximum Gasteiger partial charge on any atom is 0.207 e. The van der Waals surface area contributed by atoms with Crippen LogP contribution in [-0.4, -0.2) is 96.4 Å². The predicted molar refractivity (Wildman–Crippen MR) is 178 cm³/mol. The van der Waals surface area contributed by atoms with Gasteiger partial charge in [0.25, 0.3) is 0 Å². The average molecular weight is 578 g/mol. The molecule has 1 unspecified atom stereocenters. The van der Waals surface area contributed by atoms with E-state index in [9.17, 15) is 9.90 Å². The third kappa shape index (κ3) is 11.0. The summed E-state index contributed by atoms with van der Waals surface area (Å²) in [5, 5.41) is 18.0. The van der Waals surface area contributed by atoms with Gasteiger partial charge in [-0.2, -0.15) is 0 Å². The van der Waals surface area contributed by atoms with Crippen LogP contribution >= 0.6 is 0 Å². The monoisotopic (exact) mass is 577 g/mol. The number of carbonyl (C=O) groups excluding carboxylic acids is 1. The van der Waals surface area contributed by atoms with Crippen molar-refractivity contribution >= 4 is 29.2 Å². The quantitative estimate of drug-likeness (QED) is 0.0741. The summed E-state index contributed by atoms with van der Waals surface area (Å²) >= 11 is 0. The molecule has 9 heteroatoms. The minimum Gasteiger partial charge on any atom is -0.390 e. The largest absolute Gasteiger partial charge is 0.390 e. The molecule has 2 rings (SSSR count). The summed E-state index contributed by atoms with van der Waals surface area (Å²) in [5.41, 5.74) is 4.88. The molecule has 0 spiro atoms. The number of aliphatic imine (C=N–C) groups is 1. The zero-order valence-corrected chi connectivity index (χ0v) is 26.2. The fourth-order valence-corrected chi connectivity index (χ4v) is 4.83. The molecule has 1 heterocycles. The lowest BCUT2D eigenvalue weighted by atomic mass is 10.2. The first-order valence-electron chi connectivity index (χ1n) is 14.9. The predicted octanol–water partition coefficient (Wildman–Crippen LogP) is 4.73. The van der Waals surface area contributed by atoms with Gasteiger partial charge in [0, 0.05) is 74.7 Å². The molecular formula is C33H51N7O2. The van der Waals surface area contributed by atoms with Crippen LogP contribution in [0.5, 0.6) is 0 Å². The van der Waals surface area contributed by atoms with Crippen molar-refractivity contribution in [1.82, 2.24) is 25.0 Å². The Kier molecular flexibility index (Phi) is 15.4. The molecule has 1 aromatic carbocycles. The van der Waals surface area contributed by atoms with E-state index in [-0.39, 0.29) is 0 Å². The Morgan fingerprint density at radius 3 is 2.52 bits per heavy atom. The van der Waals surface area contributed by atoms with Crippen molar-refractivity contribution in [2.45, 2.75) is 46.6 Å². The average Bonchev–Trinajstić information content (AvgIpc) is 3.39. The van der Waals surface area contributed by atoms with Gasteiger partial charge in [0.15, 0.2) is 0 Å². The van der Waals surface area contributed by atoms with Gasteiger partial charge >= 0.3 is 0 Å². The van der Waals surface area contributed by atoms with E-state index >= 15 is 0 Å². The van der Waals surface area contributed by atoms with E-state index in [2.05, 4.69) is 88.6 Å². The number of H-pyrrole nitrogens is 1. The van der Waals surface area contributed by atoms with Gasteiger partial charge in [0.1, 0.15) is 5.82 Å². The molecule has 2 aromatic rings. The lowest BCUT2D eigenvalue weighted by molar-refractivity contribution is -0.109. The van der Waals surface area contributed by atoms with E-state index in [1.807, 2.05) is 31.0 Å². The Balaban J connectivity index is 2.11. The summed E-state index contributed by atoms with van der Waals surface area (Å²) in [5.74, 6) is 0.717. The highest BCUT2D eigenvalue weighted by Crippen LogP contribution is 2.24. The van der Waals surface area contributed by atoms with Crippen molar-refractivity contribution in [3.8, 4) is 0 Å². The first-order valence-corrected chi connectivity index (χ1v) is 14.9. The fourth-order valence-electron chi connectivity index (χ4n) is 4.83. The highest BCUT2D eigenvalue weighted by atomic mass is 16.3. The maximum absolute atomic E-state index is 10.8. The van der Waals surface area contributed by atoms with Gasteiger partial charge < -0.3 is 30.5 Å². The number of aromatic nitrogens is 1. The Morgan fingerprint density at radius 1 is 1.14 bits per heavy atom. The highest BCUT2D eigenvalue weighted by molar-refractivity contribution is 5.84. The molecule has 1 amide bonds. The van der Waals surface area contributed by atoms with Gasteiger partial charge in [-0.05, 0) is 56.8 Å². The summed E-state index contributed by atoms with van der Waals surface area (Å²) in [6.45, 7) is 21.4. The summed E-state index contributed by atoms with van der Waals surface area (Å²) in [7, 11) is 1.96. The van der Waals surface area contributed by atoms with Gasteiger partial charge in [-0.1, -0.05) is 46.1 Å². The van der Waals surface area contributed by atoms with Gasteiger partial charge in [0.05, 0.1) is 17.5 Å². The van der Waals surface area contributed by atoms with Crippen LogP contribution in [0.25, 0.3) is 10.9 Å². The topological polar surface area (TPSA) is 99.2 Å². The molecule has 0 aliphatic carbocycles. The van der Waals surface area contributed by atoms with E-state index in [4.69, 9.17) is 0 Å². The number of likely N-dealkylation sites (N-methyl/N-ethyl adjacent to an activating group) is 2. The van der Waals surface area contributed by atoms with Crippen LogP contribution in [0.1, 0.15) is 39.8 Å². The zero-order valence-electron chi connectivity index (χ0n) is 26.2. The second-order valence-corrected chi connectivity index (χ2v) is 10.2. The van der Waals surface area contributed by atoms with E-state index in [0.717, 1.165) is 78.4 Å². The number of nitrogens with one attached hydrogen (secondary N) is 3. The van der Waals surface area contributed by atoms with Crippen LogP contribution in [0.2, 0.25) is 0 Å². The number of rotatable bonds is 21. The van der Waals surface area contributed by atoms with Crippen LogP contribution in [-0.2, 0) is 11.2 Å². The number of fused-ring (bicyclic) bond motifs is 1. The standard InChI is InChI=1S/C33H51N7O2/c1-8-13-32(35-10-3)33(14-9-2)38(7)26(6)36-28-15-16-31-27(21-28)22-29(37-31)17-19-40(20-18-34-25-41)24-30(42)23-39(11-4)12-5/h9-10,13-16,21-22,25,30,36-37,42H,2,6,8,11-12,17-20,23-24H2,1,3-5,7H3,(H,34,41)/b32-13-,33-14-,35-10?. The zero-order chi connectivity index (χ0) is 30.9. The molecular weight excluding hydrogens is 526 g/mol. The van der Waals surface area contributed by atoms with E-state index < -0.39 is 6.10 Å². The molecule has 0 aliphatic rings. The number of nitrogens with zero attached hydrogens (tertiary/aromatic N) is 4. The molecule has 0 radical (unpaired) electrons. The second-order valence-electron chi connectivity index (χ2n) is 10.2. The number of benzene rings is 1. The maximum atomic E-state index is 10.8. The van der Waals surface area contributed by atoms with Crippen molar-refractivity contribution in [2.75, 3.05) is 58.2 Å². The first kappa shape index (κ1) is 34.5. The molecule has 0 saturated heterocycles. The number of hydrogen-bond acceptors (Lipinski definition) is 7. The second kappa shape index (κ2) is 18.7.